The van der Waals surface area contributed by atoms with Gasteiger partial charge >= 0.3 is 5.97 Å². The molecule has 1 rings (SSSR count). The predicted molar refractivity (Wildman–Crippen MR) is 72.4 cm³/mol. The molecule has 0 aliphatic rings. The van der Waals surface area contributed by atoms with E-state index in [0.29, 0.717) is 16.5 Å². The molecule has 0 aliphatic heterocycles. The molecule has 0 heterocycles. The first kappa shape index (κ1) is 15.3. The Hall–Kier alpha value is -1.75. The summed E-state index contributed by atoms with van der Waals surface area (Å²) >= 11 is 5.92. The van der Waals surface area contributed by atoms with Crippen LogP contribution >= 0.6 is 11.6 Å². The summed E-state index contributed by atoms with van der Waals surface area (Å²) in [5.74, 6) is -0.577. The number of carbonyl (C=O) groups excluding carboxylic acids is 2. The van der Waals surface area contributed by atoms with Gasteiger partial charge < -0.3 is 14.8 Å². The lowest BCUT2D eigenvalue weighted by Gasteiger charge is -2.09. The van der Waals surface area contributed by atoms with Gasteiger partial charge in [0.2, 0.25) is 0 Å². The maximum atomic E-state index is 11.5. The van der Waals surface area contributed by atoms with E-state index >= 15 is 0 Å². The topological polar surface area (TPSA) is 64.6 Å². The van der Waals surface area contributed by atoms with Crippen molar-refractivity contribution in [2.45, 2.75) is 13.8 Å². The van der Waals surface area contributed by atoms with E-state index in [-0.39, 0.29) is 12.5 Å². The summed E-state index contributed by atoms with van der Waals surface area (Å²) in [4.78, 5) is 22.7. The Kier molecular flexibility index (Phi) is 5.63. The highest BCUT2D eigenvalue weighted by atomic mass is 35.5. The van der Waals surface area contributed by atoms with Crippen molar-refractivity contribution in [1.29, 1.82) is 0 Å². The monoisotopic (exact) mass is 285 g/mol. The molecule has 19 heavy (non-hydrogen) atoms. The lowest BCUT2D eigenvalue weighted by Crippen LogP contribution is -2.22. The Balaban J connectivity index is 2.53. The molecule has 1 amide bonds. The van der Waals surface area contributed by atoms with E-state index in [1.54, 1.807) is 32.0 Å². The highest BCUT2D eigenvalue weighted by molar-refractivity contribution is 6.32. The van der Waals surface area contributed by atoms with Gasteiger partial charge in [0.15, 0.2) is 6.61 Å². The zero-order chi connectivity index (χ0) is 14.4. The molecule has 0 unspecified atom stereocenters. The summed E-state index contributed by atoms with van der Waals surface area (Å²) in [7, 11) is 1.50. The number of methoxy groups -OCH3 is 1. The van der Waals surface area contributed by atoms with Crippen LogP contribution < -0.4 is 10.1 Å². The van der Waals surface area contributed by atoms with E-state index in [1.165, 1.54) is 7.11 Å². The van der Waals surface area contributed by atoms with E-state index < -0.39 is 11.9 Å². The molecule has 0 saturated heterocycles. The molecule has 5 nitrogen and oxygen atoms in total. The Morgan fingerprint density at radius 3 is 2.58 bits per heavy atom. The normalized spacial score (nSPS) is 10.2. The second kappa shape index (κ2) is 6.99. The lowest BCUT2D eigenvalue weighted by atomic mass is 10.2. The summed E-state index contributed by atoms with van der Waals surface area (Å²) < 4.78 is 9.80. The maximum Gasteiger partial charge on any atom is 0.308 e. The smallest absolute Gasteiger partial charge is 0.308 e. The zero-order valence-electron chi connectivity index (χ0n) is 11.0. The molecule has 0 spiro atoms. The fraction of sp³-hybridized carbons (Fsp3) is 0.385. The highest BCUT2D eigenvalue weighted by Gasteiger charge is 2.11. The SMILES string of the molecule is COc1ccc(NC(=O)COC(=O)C(C)C)cc1Cl. The molecule has 6 heteroatoms. The standard InChI is InChI=1S/C13H16ClNO4/c1-8(2)13(17)19-7-12(16)15-9-4-5-11(18-3)10(14)6-9/h4-6,8H,7H2,1-3H3,(H,15,16). The summed E-state index contributed by atoms with van der Waals surface area (Å²) in [5.41, 5.74) is 0.511. The molecule has 0 aromatic heterocycles. The van der Waals surface area contributed by atoms with Gasteiger partial charge in [0.05, 0.1) is 18.1 Å². The minimum absolute atomic E-state index is 0.261. The number of anilines is 1. The van der Waals surface area contributed by atoms with Crippen LogP contribution in [0.3, 0.4) is 0 Å². The number of ether oxygens (including phenoxy) is 2. The van der Waals surface area contributed by atoms with Crippen LogP contribution in [0.25, 0.3) is 0 Å². The number of rotatable bonds is 5. The number of halogens is 1. The molecule has 0 atom stereocenters. The van der Waals surface area contributed by atoms with Crippen LogP contribution in [0.1, 0.15) is 13.8 Å². The van der Waals surface area contributed by atoms with Crippen molar-refractivity contribution in [3.63, 3.8) is 0 Å². The van der Waals surface area contributed by atoms with Gasteiger partial charge in [-0.1, -0.05) is 25.4 Å². The first-order valence-electron chi connectivity index (χ1n) is 5.74. The summed E-state index contributed by atoms with van der Waals surface area (Å²) in [5, 5.41) is 2.96. The van der Waals surface area contributed by atoms with Crippen molar-refractivity contribution in [2.75, 3.05) is 19.0 Å². The van der Waals surface area contributed by atoms with Crippen LogP contribution in [0.15, 0.2) is 18.2 Å². The second-order valence-electron chi connectivity index (χ2n) is 4.16. The maximum absolute atomic E-state index is 11.5. The van der Waals surface area contributed by atoms with Gasteiger partial charge in [-0.2, -0.15) is 0 Å². The Labute approximate surface area is 116 Å². The molecule has 0 saturated carbocycles. The number of nitrogens with one attached hydrogen (secondary N) is 1. The highest BCUT2D eigenvalue weighted by Crippen LogP contribution is 2.27. The van der Waals surface area contributed by atoms with Crippen molar-refractivity contribution in [3.05, 3.63) is 23.2 Å². The first-order chi connectivity index (χ1) is 8.93. The van der Waals surface area contributed by atoms with Gasteiger partial charge in [-0.05, 0) is 18.2 Å². The van der Waals surface area contributed by atoms with Gasteiger partial charge in [-0.3, -0.25) is 9.59 Å². The van der Waals surface area contributed by atoms with Crippen molar-refractivity contribution >= 4 is 29.2 Å². The lowest BCUT2D eigenvalue weighted by molar-refractivity contribution is -0.150. The fourth-order valence-corrected chi connectivity index (χ4v) is 1.50. The third-order valence-electron chi connectivity index (χ3n) is 2.25. The quantitative estimate of drug-likeness (QED) is 0.844. The van der Waals surface area contributed by atoms with E-state index in [2.05, 4.69) is 5.32 Å². The Bertz CT molecular complexity index is 474. The number of carbonyl (C=O) groups is 2. The van der Waals surface area contributed by atoms with E-state index in [1.807, 2.05) is 0 Å². The minimum atomic E-state index is -0.421. The van der Waals surface area contributed by atoms with Gasteiger partial charge in [0.25, 0.3) is 5.91 Å². The average Bonchev–Trinajstić information content (AvgIpc) is 2.36. The van der Waals surface area contributed by atoms with Gasteiger partial charge in [-0.15, -0.1) is 0 Å². The van der Waals surface area contributed by atoms with Crippen LogP contribution in [0.2, 0.25) is 5.02 Å². The summed E-state index contributed by atoms with van der Waals surface area (Å²) in [6.07, 6.45) is 0. The van der Waals surface area contributed by atoms with Crippen LogP contribution in [0, 0.1) is 5.92 Å². The Morgan fingerprint density at radius 1 is 1.37 bits per heavy atom. The Morgan fingerprint density at radius 2 is 2.05 bits per heavy atom. The third-order valence-corrected chi connectivity index (χ3v) is 2.55. The van der Waals surface area contributed by atoms with Gasteiger partial charge in [-0.25, -0.2) is 0 Å². The summed E-state index contributed by atoms with van der Waals surface area (Å²) in [6, 6.07) is 4.84. The molecule has 1 aromatic rings. The fourth-order valence-electron chi connectivity index (χ4n) is 1.24. The van der Waals surface area contributed by atoms with Gasteiger partial charge in [0, 0.05) is 5.69 Å². The number of esters is 1. The van der Waals surface area contributed by atoms with E-state index in [9.17, 15) is 9.59 Å². The number of benzene rings is 1. The zero-order valence-corrected chi connectivity index (χ0v) is 11.8. The van der Waals surface area contributed by atoms with Crippen molar-refractivity contribution in [2.24, 2.45) is 5.92 Å². The molecule has 104 valence electrons. The molecule has 1 aromatic carbocycles. The summed E-state index contributed by atoms with van der Waals surface area (Å²) in [6.45, 7) is 3.08. The minimum Gasteiger partial charge on any atom is -0.495 e. The molecular formula is C13H16ClNO4. The molecule has 0 fully saturated rings. The number of amides is 1. The van der Waals surface area contributed by atoms with Crippen LogP contribution in [0.5, 0.6) is 5.75 Å². The van der Waals surface area contributed by atoms with E-state index in [4.69, 9.17) is 21.1 Å². The largest absolute Gasteiger partial charge is 0.495 e. The first-order valence-corrected chi connectivity index (χ1v) is 6.12. The van der Waals surface area contributed by atoms with Gasteiger partial charge in [0.1, 0.15) is 5.75 Å². The third kappa shape index (κ3) is 4.79. The molecule has 1 N–H and O–H groups in total. The average molecular weight is 286 g/mol. The molecule has 0 radical (unpaired) electrons. The van der Waals surface area contributed by atoms with Crippen LogP contribution in [0.4, 0.5) is 5.69 Å². The molecule has 0 aliphatic carbocycles. The van der Waals surface area contributed by atoms with Crippen molar-refractivity contribution in [3.8, 4) is 5.75 Å². The van der Waals surface area contributed by atoms with Crippen molar-refractivity contribution in [1.82, 2.24) is 0 Å². The number of hydrogen-bond acceptors (Lipinski definition) is 4. The molecular weight excluding hydrogens is 270 g/mol. The number of hydrogen-bond donors (Lipinski definition) is 1. The predicted octanol–water partition coefficient (Wildman–Crippen LogP) is 2.49. The van der Waals surface area contributed by atoms with Crippen molar-refractivity contribution < 1.29 is 19.1 Å². The van der Waals surface area contributed by atoms with E-state index in [0.717, 1.165) is 0 Å². The van der Waals surface area contributed by atoms with Crippen LogP contribution in [-0.4, -0.2) is 25.6 Å². The second-order valence-corrected chi connectivity index (χ2v) is 4.57. The van der Waals surface area contributed by atoms with Crippen LogP contribution in [-0.2, 0) is 14.3 Å². The molecule has 0 bridgehead atoms.